The fraction of sp³-hybridized carbons (Fsp3) is 0.467. The van der Waals surface area contributed by atoms with Gasteiger partial charge in [0, 0.05) is 25.4 Å². The summed E-state index contributed by atoms with van der Waals surface area (Å²) in [5.41, 5.74) is 1.36. The number of pyridine rings is 1. The van der Waals surface area contributed by atoms with Crippen LogP contribution in [0.2, 0.25) is 0 Å². The summed E-state index contributed by atoms with van der Waals surface area (Å²) in [6, 6.07) is 7.07. The van der Waals surface area contributed by atoms with Crippen LogP contribution in [0.1, 0.15) is 25.5 Å². The van der Waals surface area contributed by atoms with Gasteiger partial charge in [-0.3, -0.25) is 9.20 Å². The van der Waals surface area contributed by atoms with Crippen LogP contribution in [-0.4, -0.2) is 27.6 Å². The Bertz CT molecular complexity index is 609. The molecule has 0 aliphatic rings. The molecule has 108 valence electrons. The van der Waals surface area contributed by atoms with E-state index in [9.17, 15) is 4.79 Å². The summed E-state index contributed by atoms with van der Waals surface area (Å²) in [7, 11) is 0. The summed E-state index contributed by atoms with van der Waals surface area (Å²) in [5, 5.41) is 12.3. The van der Waals surface area contributed by atoms with Crippen molar-refractivity contribution in [2.24, 2.45) is 5.92 Å². The first-order valence-electron chi connectivity index (χ1n) is 7.03. The zero-order valence-corrected chi connectivity index (χ0v) is 11.7. The molecule has 0 bridgehead atoms. The molecule has 0 fully saturated rings. The highest BCUT2D eigenvalue weighted by atomic mass is 16.3. The Morgan fingerprint density at radius 2 is 2.30 bits per heavy atom. The van der Waals surface area contributed by atoms with Crippen LogP contribution >= 0.6 is 0 Å². The molecule has 20 heavy (non-hydrogen) atoms. The van der Waals surface area contributed by atoms with Crippen molar-refractivity contribution < 1.29 is 5.11 Å². The smallest absolute Gasteiger partial charge is 0.258 e. The number of rotatable bonds is 7. The number of hydrogen-bond donors (Lipinski definition) is 2. The summed E-state index contributed by atoms with van der Waals surface area (Å²) >= 11 is 0. The summed E-state index contributed by atoms with van der Waals surface area (Å²) < 4.78 is 1.53. The van der Waals surface area contributed by atoms with Crippen LogP contribution in [-0.2, 0) is 6.54 Å². The number of aliphatic hydroxyl groups is 1. The second-order valence-electron chi connectivity index (χ2n) is 4.93. The molecule has 1 atom stereocenters. The van der Waals surface area contributed by atoms with Crippen molar-refractivity contribution in [2.75, 3.05) is 13.2 Å². The summed E-state index contributed by atoms with van der Waals surface area (Å²) in [6.07, 6.45) is 3.55. The van der Waals surface area contributed by atoms with Gasteiger partial charge in [0.15, 0.2) is 0 Å². The van der Waals surface area contributed by atoms with Crippen LogP contribution in [0.15, 0.2) is 35.3 Å². The van der Waals surface area contributed by atoms with E-state index < -0.39 is 0 Å². The van der Waals surface area contributed by atoms with E-state index in [1.165, 1.54) is 4.40 Å². The standard InChI is InChI=1S/C15H21N3O2/c1-2-12(6-8-19)10-16-11-13-9-15(20)18-7-4-3-5-14(18)17-13/h3-5,7,9,12,16,19H,2,6,8,10-11H2,1H3. The van der Waals surface area contributed by atoms with Gasteiger partial charge in [0.2, 0.25) is 0 Å². The van der Waals surface area contributed by atoms with E-state index in [0.717, 1.165) is 25.1 Å². The second kappa shape index (κ2) is 7.17. The lowest BCUT2D eigenvalue weighted by molar-refractivity contribution is 0.251. The van der Waals surface area contributed by atoms with Gasteiger partial charge in [-0.2, -0.15) is 0 Å². The molecule has 2 N–H and O–H groups in total. The quantitative estimate of drug-likeness (QED) is 0.796. The number of nitrogens with zero attached hydrogens (tertiary/aromatic N) is 2. The van der Waals surface area contributed by atoms with Gasteiger partial charge in [0.25, 0.3) is 5.56 Å². The van der Waals surface area contributed by atoms with Gasteiger partial charge in [-0.1, -0.05) is 19.4 Å². The molecule has 2 rings (SSSR count). The van der Waals surface area contributed by atoms with E-state index in [1.807, 2.05) is 18.2 Å². The normalized spacial score (nSPS) is 12.7. The maximum atomic E-state index is 11.9. The van der Waals surface area contributed by atoms with Crippen molar-refractivity contribution >= 4 is 5.65 Å². The zero-order chi connectivity index (χ0) is 14.4. The largest absolute Gasteiger partial charge is 0.396 e. The number of nitrogens with one attached hydrogen (secondary N) is 1. The first kappa shape index (κ1) is 14.7. The lowest BCUT2D eigenvalue weighted by Crippen LogP contribution is -2.25. The number of hydrogen-bond acceptors (Lipinski definition) is 4. The Morgan fingerprint density at radius 1 is 1.45 bits per heavy atom. The molecule has 0 amide bonds. The third kappa shape index (κ3) is 3.65. The highest BCUT2D eigenvalue weighted by molar-refractivity contribution is 5.37. The van der Waals surface area contributed by atoms with Gasteiger partial charge < -0.3 is 10.4 Å². The Hall–Kier alpha value is -1.72. The molecular formula is C15H21N3O2. The molecule has 0 radical (unpaired) electrons. The molecule has 1 unspecified atom stereocenters. The number of aliphatic hydroxyl groups excluding tert-OH is 1. The van der Waals surface area contributed by atoms with E-state index in [-0.39, 0.29) is 12.2 Å². The highest BCUT2D eigenvalue weighted by Gasteiger charge is 2.06. The van der Waals surface area contributed by atoms with E-state index in [0.29, 0.717) is 18.1 Å². The lowest BCUT2D eigenvalue weighted by atomic mass is 10.0. The van der Waals surface area contributed by atoms with Crippen LogP contribution in [0.3, 0.4) is 0 Å². The van der Waals surface area contributed by atoms with Crippen molar-refractivity contribution in [1.29, 1.82) is 0 Å². The molecule has 0 spiro atoms. The molecule has 0 aliphatic heterocycles. The Balaban J connectivity index is 2.01. The zero-order valence-electron chi connectivity index (χ0n) is 11.7. The Labute approximate surface area is 118 Å². The van der Waals surface area contributed by atoms with Crippen LogP contribution in [0.5, 0.6) is 0 Å². The van der Waals surface area contributed by atoms with Crippen LogP contribution in [0, 0.1) is 5.92 Å². The summed E-state index contributed by atoms with van der Waals surface area (Å²) in [5.74, 6) is 0.460. The van der Waals surface area contributed by atoms with E-state index in [1.54, 1.807) is 12.3 Å². The molecule has 5 heteroatoms. The van der Waals surface area contributed by atoms with Crippen molar-refractivity contribution in [3.63, 3.8) is 0 Å². The maximum absolute atomic E-state index is 11.9. The van der Waals surface area contributed by atoms with Crippen molar-refractivity contribution in [2.45, 2.75) is 26.3 Å². The first-order valence-corrected chi connectivity index (χ1v) is 7.03. The van der Waals surface area contributed by atoms with E-state index in [4.69, 9.17) is 5.11 Å². The lowest BCUT2D eigenvalue weighted by Gasteiger charge is -2.14. The summed E-state index contributed by atoms with van der Waals surface area (Å²) in [6.45, 7) is 3.73. The minimum atomic E-state index is -0.0604. The van der Waals surface area contributed by atoms with Crippen molar-refractivity contribution in [1.82, 2.24) is 14.7 Å². The minimum absolute atomic E-state index is 0.0604. The molecule has 5 nitrogen and oxygen atoms in total. The average molecular weight is 275 g/mol. The molecule has 0 aliphatic carbocycles. The van der Waals surface area contributed by atoms with Crippen molar-refractivity contribution in [3.05, 3.63) is 46.5 Å². The van der Waals surface area contributed by atoms with Gasteiger partial charge in [-0.05, 0) is 31.0 Å². The molecule has 2 heterocycles. The predicted octanol–water partition coefficient (Wildman–Crippen LogP) is 1.19. The highest BCUT2D eigenvalue weighted by Crippen LogP contribution is 2.06. The fourth-order valence-electron chi connectivity index (χ4n) is 2.23. The predicted molar refractivity (Wildman–Crippen MR) is 78.7 cm³/mol. The molecule has 2 aromatic heterocycles. The third-order valence-electron chi connectivity index (χ3n) is 3.48. The van der Waals surface area contributed by atoms with Crippen molar-refractivity contribution in [3.8, 4) is 0 Å². The van der Waals surface area contributed by atoms with Gasteiger partial charge in [0.1, 0.15) is 5.65 Å². The molecule has 0 saturated heterocycles. The van der Waals surface area contributed by atoms with Gasteiger partial charge in [0.05, 0.1) is 5.69 Å². The second-order valence-corrected chi connectivity index (χ2v) is 4.93. The van der Waals surface area contributed by atoms with Gasteiger partial charge in [-0.15, -0.1) is 0 Å². The number of fused-ring (bicyclic) bond motifs is 1. The maximum Gasteiger partial charge on any atom is 0.258 e. The molecular weight excluding hydrogens is 254 g/mol. The Morgan fingerprint density at radius 3 is 3.05 bits per heavy atom. The summed E-state index contributed by atoms with van der Waals surface area (Å²) in [4.78, 5) is 16.4. The van der Waals surface area contributed by atoms with E-state index >= 15 is 0 Å². The minimum Gasteiger partial charge on any atom is -0.396 e. The molecule has 2 aromatic rings. The average Bonchev–Trinajstić information content (AvgIpc) is 2.46. The SMILES string of the molecule is CCC(CCO)CNCc1cc(=O)n2ccccc2n1. The first-order chi connectivity index (χ1) is 9.74. The molecule has 0 aromatic carbocycles. The molecule has 0 saturated carbocycles. The van der Waals surface area contributed by atoms with Crippen LogP contribution < -0.4 is 10.9 Å². The third-order valence-corrected chi connectivity index (χ3v) is 3.48. The monoisotopic (exact) mass is 275 g/mol. The van der Waals surface area contributed by atoms with Gasteiger partial charge in [-0.25, -0.2) is 4.98 Å². The van der Waals surface area contributed by atoms with Crippen LogP contribution in [0.25, 0.3) is 5.65 Å². The fourth-order valence-corrected chi connectivity index (χ4v) is 2.23. The number of aromatic nitrogens is 2. The topological polar surface area (TPSA) is 66.6 Å². The van der Waals surface area contributed by atoms with Crippen LogP contribution in [0.4, 0.5) is 0 Å². The van der Waals surface area contributed by atoms with Gasteiger partial charge >= 0.3 is 0 Å². The van der Waals surface area contributed by atoms with E-state index in [2.05, 4.69) is 17.2 Å². The Kier molecular flexibility index (Phi) is 5.26.